The molecule has 2 aliphatic carbocycles. The molecule has 1 aliphatic heterocycles. The maximum Gasteiger partial charge on any atom is 0.00388 e. The third kappa shape index (κ3) is 1.09. The maximum absolute atomic E-state index is 2.71. The first-order valence-electron chi connectivity index (χ1n) is 5.99. The average molecular weight is 179 g/mol. The molecule has 3 aliphatic rings. The normalized spacial score (nSPS) is 49.2. The summed E-state index contributed by atoms with van der Waals surface area (Å²) < 4.78 is 0. The third-order valence-corrected chi connectivity index (χ3v) is 4.90. The van der Waals surface area contributed by atoms with Crippen molar-refractivity contribution in [2.75, 3.05) is 13.1 Å². The Bertz CT molecular complexity index is 193. The summed E-state index contributed by atoms with van der Waals surface area (Å²) in [6.07, 6.45) is 4.69. The molecule has 0 aromatic heterocycles. The molecule has 0 aromatic carbocycles. The van der Waals surface area contributed by atoms with Gasteiger partial charge < -0.3 is 4.90 Å². The maximum atomic E-state index is 2.71. The molecule has 1 heteroatoms. The van der Waals surface area contributed by atoms with Gasteiger partial charge in [0.2, 0.25) is 0 Å². The lowest BCUT2D eigenvalue weighted by Crippen LogP contribution is -2.29. The van der Waals surface area contributed by atoms with Crippen molar-refractivity contribution >= 4 is 0 Å². The van der Waals surface area contributed by atoms with Gasteiger partial charge in [-0.2, -0.15) is 0 Å². The van der Waals surface area contributed by atoms with E-state index in [0.29, 0.717) is 0 Å². The molecule has 0 N–H and O–H groups in total. The smallest absolute Gasteiger partial charge is 0.00388 e. The first kappa shape index (κ1) is 8.28. The summed E-state index contributed by atoms with van der Waals surface area (Å²) in [5.74, 6) is 4.44. The first-order chi connectivity index (χ1) is 6.25. The molecule has 4 unspecified atom stereocenters. The summed E-state index contributed by atoms with van der Waals surface area (Å²) >= 11 is 0. The van der Waals surface area contributed by atoms with Crippen LogP contribution in [0.4, 0.5) is 0 Å². The Labute approximate surface area is 81.5 Å². The van der Waals surface area contributed by atoms with Crippen molar-refractivity contribution in [1.82, 2.24) is 4.90 Å². The van der Waals surface area contributed by atoms with Gasteiger partial charge in [-0.1, -0.05) is 0 Å². The lowest BCUT2D eigenvalue weighted by molar-refractivity contribution is 0.243. The lowest BCUT2D eigenvalue weighted by Gasteiger charge is -2.22. The molecule has 0 spiro atoms. The summed E-state index contributed by atoms with van der Waals surface area (Å²) in [5.41, 5.74) is 0. The zero-order chi connectivity index (χ0) is 9.00. The largest absolute Gasteiger partial charge is 0.300 e. The van der Waals surface area contributed by atoms with Crippen molar-refractivity contribution < 1.29 is 0 Å². The van der Waals surface area contributed by atoms with Crippen molar-refractivity contribution in [3.8, 4) is 0 Å². The summed E-state index contributed by atoms with van der Waals surface area (Å²) in [5, 5.41) is 0. The minimum Gasteiger partial charge on any atom is -0.300 e. The van der Waals surface area contributed by atoms with E-state index in [1.54, 1.807) is 19.3 Å². The van der Waals surface area contributed by atoms with Crippen LogP contribution in [0.25, 0.3) is 0 Å². The van der Waals surface area contributed by atoms with Crippen LogP contribution in [0, 0.1) is 23.7 Å². The fourth-order valence-corrected chi connectivity index (χ4v) is 4.14. The van der Waals surface area contributed by atoms with E-state index in [1.165, 1.54) is 13.1 Å². The highest BCUT2D eigenvalue weighted by Crippen LogP contribution is 2.55. The summed E-state index contributed by atoms with van der Waals surface area (Å²) in [6, 6.07) is 0.782. The summed E-state index contributed by atoms with van der Waals surface area (Å²) in [6.45, 7) is 7.54. The molecule has 1 nitrogen and oxygen atoms in total. The molecule has 0 amide bonds. The summed E-state index contributed by atoms with van der Waals surface area (Å²) in [4.78, 5) is 2.71. The van der Waals surface area contributed by atoms with Gasteiger partial charge in [0.05, 0.1) is 0 Å². The van der Waals surface area contributed by atoms with E-state index in [4.69, 9.17) is 0 Å². The molecule has 13 heavy (non-hydrogen) atoms. The number of hydrogen-bond acceptors (Lipinski definition) is 1. The van der Waals surface area contributed by atoms with E-state index in [0.717, 1.165) is 29.7 Å². The van der Waals surface area contributed by atoms with E-state index < -0.39 is 0 Å². The highest BCUT2D eigenvalue weighted by atomic mass is 15.2. The second kappa shape index (κ2) is 2.73. The quantitative estimate of drug-likeness (QED) is 0.597. The Morgan fingerprint density at radius 2 is 1.54 bits per heavy atom. The van der Waals surface area contributed by atoms with Gasteiger partial charge in [-0.05, 0) is 56.8 Å². The van der Waals surface area contributed by atoms with Gasteiger partial charge in [-0.15, -0.1) is 0 Å². The molecule has 74 valence electrons. The Balaban J connectivity index is 1.76. The van der Waals surface area contributed by atoms with Crippen LogP contribution >= 0.6 is 0 Å². The van der Waals surface area contributed by atoms with Crippen LogP contribution < -0.4 is 0 Å². The zero-order valence-electron chi connectivity index (χ0n) is 8.87. The van der Waals surface area contributed by atoms with Crippen LogP contribution in [-0.4, -0.2) is 24.0 Å². The molecule has 3 rings (SSSR count). The minimum atomic E-state index is 0.782. The van der Waals surface area contributed by atoms with E-state index in [1.807, 2.05) is 0 Å². The van der Waals surface area contributed by atoms with E-state index in [-0.39, 0.29) is 0 Å². The Hall–Kier alpha value is -0.0400. The van der Waals surface area contributed by atoms with Crippen molar-refractivity contribution in [2.24, 2.45) is 23.7 Å². The monoisotopic (exact) mass is 179 g/mol. The molecule has 1 saturated heterocycles. The highest BCUT2D eigenvalue weighted by molar-refractivity contribution is 5.02. The topological polar surface area (TPSA) is 3.24 Å². The molecule has 1 heterocycles. The predicted molar refractivity (Wildman–Crippen MR) is 54.5 cm³/mol. The van der Waals surface area contributed by atoms with Crippen molar-refractivity contribution in [2.45, 2.75) is 39.2 Å². The van der Waals surface area contributed by atoms with Crippen LogP contribution in [0.1, 0.15) is 33.1 Å². The summed E-state index contributed by atoms with van der Waals surface area (Å²) in [7, 11) is 0. The predicted octanol–water partition coefficient (Wildman–Crippen LogP) is 2.37. The van der Waals surface area contributed by atoms with Gasteiger partial charge in [0, 0.05) is 19.1 Å². The standard InChI is InChI=1S/C12H21N/c1-8(2)13-6-11-9-3-4-10(5-9)12(11)7-13/h8-12H,3-7H2,1-2H3. The first-order valence-corrected chi connectivity index (χ1v) is 5.99. The fourth-order valence-electron chi connectivity index (χ4n) is 4.14. The van der Waals surface area contributed by atoms with Gasteiger partial charge in [0.1, 0.15) is 0 Å². The number of fused-ring (bicyclic) bond motifs is 5. The van der Waals surface area contributed by atoms with Crippen molar-refractivity contribution in [3.63, 3.8) is 0 Å². The number of hydrogen-bond donors (Lipinski definition) is 0. The molecule has 2 bridgehead atoms. The van der Waals surface area contributed by atoms with Crippen LogP contribution in [0.5, 0.6) is 0 Å². The molecule has 3 fully saturated rings. The van der Waals surface area contributed by atoms with E-state index >= 15 is 0 Å². The fraction of sp³-hybridized carbons (Fsp3) is 1.00. The van der Waals surface area contributed by atoms with Crippen LogP contribution in [-0.2, 0) is 0 Å². The number of likely N-dealkylation sites (tertiary alicyclic amines) is 1. The van der Waals surface area contributed by atoms with Crippen LogP contribution in [0.3, 0.4) is 0 Å². The lowest BCUT2D eigenvalue weighted by atomic mass is 9.82. The van der Waals surface area contributed by atoms with E-state index in [2.05, 4.69) is 18.7 Å². The second-order valence-electron chi connectivity index (χ2n) is 5.71. The SMILES string of the molecule is CC(C)N1CC2C3CCC(C3)C2C1. The Morgan fingerprint density at radius 1 is 1.00 bits per heavy atom. The van der Waals surface area contributed by atoms with Crippen molar-refractivity contribution in [3.05, 3.63) is 0 Å². The van der Waals surface area contributed by atoms with Crippen LogP contribution in [0.2, 0.25) is 0 Å². The molecular weight excluding hydrogens is 158 g/mol. The van der Waals surface area contributed by atoms with E-state index in [9.17, 15) is 0 Å². The van der Waals surface area contributed by atoms with Gasteiger partial charge in [0.25, 0.3) is 0 Å². The Morgan fingerprint density at radius 3 is 2.00 bits per heavy atom. The number of rotatable bonds is 1. The van der Waals surface area contributed by atoms with Gasteiger partial charge in [-0.3, -0.25) is 0 Å². The van der Waals surface area contributed by atoms with Gasteiger partial charge >= 0.3 is 0 Å². The van der Waals surface area contributed by atoms with Gasteiger partial charge in [-0.25, -0.2) is 0 Å². The molecule has 4 atom stereocenters. The van der Waals surface area contributed by atoms with Crippen molar-refractivity contribution in [1.29, 1.82) is 0 Å². The molecular formula is C12H21N. The highest BCUT2D eigenvalue weighted by Gasteiger charge is 2.51. The molecule has 0 aromatic rings. The zero-order valence-corrected chi connectivity index (χ0v) is 8.87. The minimum absolute atomic E-state index is 0.782. The number of nitrogens with zero attached hydrogens (tertiary/aromatic N) is 1. The third-order valence-electron chi connectivity index (χ3n) is 4.90. The molecule has 2 saturated carbocycles. The van der Waals surface area contributed by atoms with Crippen LogP contribution in [0.15, 0.2) is 0 Å². The van der Waals surface area contributed by atoms with Gasteiger partial charge in [0.15, 0.2) is 0 Å². The Kier molecular flexibility index (Phi) is 1.74. The molecule has 0 radical (unpaired) electrons. The second-order valence-corrected chi connectivity index (χ2v) is 5.71. The average Bonchev–Trinajstić information content (AvgIpc) is 2.76.